The third-order valence-electron chi connectivity index (χ3n) is 4.25. The molecule has 0 saturated carbocycles. The molecule has 1 aromatic heterocycles. The molecule has 22 heavy (non-hydrogen) atoms. The zero-order valence-corrected chi connectivity index (χ0v) is 13.6. The summed E-state index contributed by atoms with van der Waals surface area (Å²) in [5, 5.41) is 1.15. The molecule has 2 heterocycles. The predicted octanol–water partition coefficient (Wildman–Crippen LogP) is 1.23. The van der Waals surface area contributed by atoms with Crippen molar-refractivity contribution in [2.24, 2.45) is 5.73 Å². The van der Waals surface area contributed by atoms with Crippen LogP contribution in [0.1, 0.15) is 5.56 Å². The summed E-state index contributed by atoms with van der Waals surface area (Å²) in [6.45, 7) is 3.39. The molecular formula is C16H23ClN4O. The topological polar surface area (TPSA) is 65.4 Å². The number of benzene rings is 1. The van der Waals surface area contributed by atoms with Gasteiger partial charge in [0.2, 0.25) is 5.91 Å². The van der Waals surface area contributed by atoms with Crippen molar-refractivity contribution in [2.45, 2.75) is 12.5 Å². The molecule has 1 amide bonds. The van der Waals surface area contributed by atoms with Crippen molar-refractivity contribution in [1.82, 2.24) is 14.8 Å². The molecule has 120 valence electrons. The monoisotopic (exact) mass is 322 g/mol. The van der Waals surface area contributed by atoms with Crippen LogP contribution in [-0.2, 0) is 11.2 Å². The summed E-state index contributed by atoms with van der Waals surface area (Å²) < 4.78 is 0. The minimum atomic E-state index is -0.465. The van der Waals surface area contributed by atoms with Crippen LogP contribution in [0.2, 0.25) is 0 Å². The number of hydrogen-bond donors (Lipinski definition) is 2. The number of H-pyrrole nitrogens is 1. The third kappa shape index (κ3) is 3.43. The van der Waals surface area contributed by atoms with Gasteiger partial charge in [-0.05, 0) is 25.1 Å². The molecule has 1 atom stereocenters. The maximum atomic E-state index is 12.4. The number of carbonyl (C=O) groups is 1. The summed E-state index contributed by atoms with van der Waals surface area (Å²) >= 11 is 0. The van der Waals surface area contributed by atoms with E-state index in [2.05, 4.69) is 23.0 Å². The Morgan fingerprint density at radius 2 is 1.95 bits per heavy atom. The number of fused-ring (bicyclic) bond motifs is 1. The molecule has 3 N–H and O–H groups in total. The summed E-state index contributed by atoms with van der Waals surface area (Å²) in [5.41, 5.74) is 8.35. The molecule has 0 spiro atoms. The van der Waals surface area contributed by atoms with Crippen LogP contribution in [0.4, 0.5) is 0 Å². The van der Waals surface area contributed by atoms with Crippen molar-refractivity contribution in [1.29, 1.82) is 0 Å². The largest absolute Gasteiger partial charge is 0.361 e. The van der Waals surface area contributed by atoms with Crippen molar-refractivity contribution in [3.05, 3.63) is 36.0 Å². The standard InChI is InChI=1S/C16H22N4O.ClH/c1-19-6-8-20(9-7-19)16(21)14(17)10-12-11-18-15-5-3-2-4-13(12)15;/h2-5,11,14,18H,6-10,17H2,1H3;1H/t14-;/m0./s1. The highest BCUT2D eigenvalue weighted by Gasteiger charge is 2.24. The number of halogens is 1. The van der Waals surface area contributed by atoms with Crippen molar-refractivity contribution < 1.29 is 4.79 Å². The Hall–Kier alpha value is -1.56. The van der Waals surface area contributed by atoms with Gasteiger partial charge in [0, 0.05) is 43.3 Å². The van der Waals surface area contributed by atoms with E-state index in [1.165, 1.54) is 0 Å². The highest BCUT2D eigenvalue weighted by molar-refractivity contribution is 5.86. The van der Waals surface area contributed by atoms with Crippen LogP contribution in [0.15, 0.2) is 30.5 Å². The minimum absolute atomic E-state index is 0. The number of nitrogens with one attached hydrogen (secondary N) is 1. The van der Waals surface area contributed by atoms with E-state index in [0.29, 0.717) is 6.42 Å². The van der Waals surface area contributed by atoms with Gasteiger partial charge in [0.25, 0.3) is 0 Å². The van der Waals surface area contributed by atoms with Gasteiger partial charge in [0.1, 0.15) is 0 Å². The molecule has 5 nitrogen and oxygen atoms in total. The minimum Gasteiger partial charge on any atom is -0.361 e. The maximum absolute atomic E-state index is 12.4. The molecule has 1 saturated heterocycles. The zero-order valence-electron chi connectivity index (χ0n) is 12.8. The van der Waals surface area contributed by atoms with E-state index in [9.17, 15) is 4.79 Å². The van der Waals surface area contributed by atoms with Crippen molar-refractivity contribution >= 4 is 29.2 Å². The molecule has 1 fully saturated rings. The van der Waals surface area contributed by atoms with Crippen LogP contribution in [0.3, 0.4) is 0 Å². The van der Waals surface area contributed by atoms with Crippen LogP contribution >= 0.6 is 12.4 Å². The van der Waals surface area contributed by atoms with E-state index in [1.807, 2.05) is 29.3 Å². The Morgan fingerprint density at radius 3 is 2.68 bits per heavy atom. The fraction of sp³-hybridized carbons (Fsp3) is 0.438. The van der Waals surface area contributed by atoms with Crippen LogP contribution < -0.4 is 5.73 Å². The van der Waals surface area contributed by atoms with E-state index in [4.69, 9.17) is 5.73 Å². The Balaban J connectivity index is 0.00000176. The van der Waals surface area contributed by atoms with Crippen LogP contribution in [0, 0.1) is 0 Å². The number of carbonyl (C=O) groups excluding carboxylic acids is 1. The van der Waals surface area contributed by atoms with E-state index in [-0.39, 0.29) is 18.3 Å². The fourth-order valence-electron chi connectivity index (χ4n) is 2.89. The number of aromatic amines is 1. The second-order valence-corrected chi connectivity index (χ2v) is 5.80. The second-order valence-electron chi connectivity index (χ2n) is 5.80. The molecule has 6 heteroatoms. The molecule has 1 aliphatic heterocycles. The average molecular weight is 323 g/mol. The molecule has 1 aliphatic rings. The fourth-order valence-corrected chi connectivity index (χ4v) is 2.89. The van der Waals surface area contributed by atoms with Gasteiger partial charge in [0.05, 0.1) is 6.04 Å². The van der Waals surface area contributed by atoms with Gasteiger partial charge >= 0.3 is 0 Å². The van der Waals surface area contributed by atoms with Gasteiger partial charge in [-0.2, -0.15) is 0 Å². The van der Waals surface area contributed by atoms with E-state index in [1.54, 1.807) is 0 Å². The summed E-state index contributed by atoms with van der Waals surface area (Å²) in [6, 6.07) is 7.64. The van der Waals surface area contributed by atoms with E-state index >= 15 is 0 Å². The van der Waals surface area contributed by atoms with Crippen LogP contribution in [0.5, 0.6) is 0 Å². The lowest BCUT2D eigenvalue weighted by Crippen LogP contribution is -2.52. The lowest BCUT2D eigenvalue weighted by Gasteiger charge is -2.33. The SMILES string of the molecule is CN1CCN(C(=O)[C@@H](N)Cc2c[nH]c3ccccc23)CC1.Cl. The summed E-state index contributed by atoms with van der Waals surface area (Å²) in [4.78, 5) is 19.8. The number of rotatable bonds is 3. The Bertz CT molecular complexity index is 634. The van der Waals surface area contributed by atoms with Gasteiger partial charge in [-0.1, -0.05) is 18.2 Å². The second kappa shape index (κ2) is 7.13. The molecule has 2 aromatic rings. The number of likely N-dealkylation sites (N-methyl/N-ethyl adjacent to an activating group) is 1. The first-order valence-corrected chi connectivity index (χ1v) is 7.43. The average Bonchev–Trinajstić information content (AvgIpc) is 2.91. The molecular weight excluding hydrogens is 300 g/mol. The zero-order chi connectivity index (χ0) is 14.8. The molecule has 3 rings (SSSR count). The summed E-state index contributed by atoms with van der Waals surface area (Å²) in [5.74, 6) is 0.0633. The highest BCUT2D eigenvalue weighted by atomic mass is 35.5. The lowest BCUT2D eigenvalue weighted by atomic mass is 10.0. The van der Waals surface area contributed by atoms with Crippen LogP contribution in [-0.4, -0.2) is 60.0 Å². The van der Waals surface area contributed by atoms with Crippen molar-refractivity contribution in [2.75, 3.05) is 33.2 Å². The van der Waals surface area contributed by atoms with Crippen molar-refractivity contribution in [3.63, 3.8) is 0 Å². The Labute approximate surface area is 136 Å². The smallest absolute Gasteiger partial charge is 0.239 e. The van der Waals surface area contributed by atoms with E-state index in [0.717, 1.165) is 42.6 Å². The number of piperazine rings is 1. The van der Waals surface area contributed by atoms with Gasteiger partial charge in [-0.15, -0.1) is 12.4 Å². The molecule has 0 aliphatic carbocycles. The van der Waals surface area contributed by atoms with Gasteiger partial charge in [-0.3, -0.25) is 4.79 Å². The number of para-hydroxylation sites is 1. The molecule has 0 bridgehead atoms. The molecule has 1 aromatic carbocycles. The highest BCUT2D eigenvalue weighted by Crippen LogP contribution is 2.19. The third-order valence-corrected chi connectivity index (χ3v) is 4.25. The lowest BCUT2D eigenvalue weighted by molar-refractivity contribution is -0.134. The van der Waals surface area contributed by atoms with Gasteiger partial charge in [0.15, 0.2) is 0 Å². The Kier molecular flexibility index (Phi) is 5.45. The van der Waals surface area contributed by atoms with Crippen LogP contribution in [0.25, 0.3) is 10.9 Å². The normalized spacial score (nSPS) is 17.3. The predicted molar refractivity (Wildman–Crippen MR) is 91.3 cm³/mol. The van der Waals surface area contributed by atoms with E-state index < -0.39 is 6.04 Å². The summed E-state index contributed by atoms with van der Waals surface area (Å²) in [7, 11) is 2.08. The number of hydrogen-bond acceptors (Lipinski definition) is 3. The molecule has 0 radical (unpaired) electrons. The van der Waals surface area contributed by atoms with Crippen molar-refractivity contribution in [3.8, 4) is 0 Å². The van der Waals surface area contributed by atoms with Gasteiger partial charge < -0.3 is 20.5 Å². The first-order chi connectivity index (χ1) is 10.1. The molecule has 0 unspecified atom stereocenters. The number of nitrogens with two attached hydrogens (primary N) is 1. The maximum Gasteiger partial charge on any atom is 0.239 e. The quantitative estimate of drug-likeness (QED) is 0.893. The first kappa shape index (κ1) is 16.8. The Morgan fingerprint density at radius 1 is 1.27 bits per heavy atom. The summed E-state index contributed by atoms with van der Waals surface area (Å²) in [6.07, 6.45) is 2.54. The first-order valence-electron chi connectivity index (χ1n) is 7.43. The number of amides is 1. The number of aromatic nitrogens is 1. The number of nitrogens with zero attached hydrogens (tertiary/aromatic N) is 2. The van der Waals surface area contributed by atoms with Gasteiger partial charge in [-0.25, -0.2) is 0 Å².